The minimum atomic E-state index is -0.535. The third-order valence-electron chi connectivity index (χ3n) is 1.20. The van der Waals surface area contributed by atoms with Crippen molar-refractivity contribution in [2.75, 3.05) is 21.3 Å². The summed E-state index contributed by atoms with van der Waals surface area (Å²) in [5.74, 6) is -0.0406. The third kappa shape index (κ3) is 2.49. The minimum absolute atomic E-state index is 0.0926. The van der Waals surface area contributed by atoms with Crippen molar-refractivity contribution in [3.63, 3.8) is 0 Å². The van der Waals surface area contributed by atoms with Gasteiger partial charge in [0.2, 0.25) is 5.76 Å². The van der Waals surface area contributed by atoms with E-state index < -0.39 is 5.97 Å². The normalized spacial score (nSPS) is 11.6. The first-order valence-electron chi connectivity index (χ1n) is 3.04. The number of hydrogen-bond acceptors (Lipinski definition) is 4. The fourth-order valence-electron chi connectivity index (χ4n) is 0.556. The zero-order valence-electron chi connectivity index (χ0n) is 7.13. The third-order valence-corrected chi connectivity index (χ3v) is 1.20. The van der Waals surface area contributed by atoms with Crippen LogP contribution in [0.5, 0.6) is 0 Å². The quantitative estimate of drug-likeness (QED) is 0.346. The van der Waals surface area contributed by atoms with E-state index in [0.29, 0.717) is 5.76 Å². The van der Waals surface area contributed by atoms with Gasteiger partial charge >= 0.3 is 5.97 Å². The molecule has 0 aliphatic heterocycles. The summed E-state index contributed by atoms with van der Waals surface area (Å²) in [5, 5.41) is 0. The molecule has 4 nitrogen and oxygen atoms in total. The van der Waals surface area contributed by atoms with Crippen molar-refractivity contribution in [1.82, 2.24) is 0 Å². The number of hydrogen-bond donors (Lipinski definition) is 0. The van der Waals surface area contributed by atoms with Crippen LogP contribution >= 0.6 is 0 Å². The summed E-state index contributed by atoms with van der Waals surface area (Å²) in [7, 11) is 4.12. The number of esters is 1. The highest BCUT2D eigenvalue weighted by atomic mass is 16.6. The van der Waals surface area contributed by atoms with E-state index >= 15 is 0 Å². The first-order valence-corrected chi connectivity index (χ1v) is 3.04. The number of carbonyl (C=O) groups is 1. The van der Waals surface area contributed by atoms with Gasteiger partial charge in [-0.3, -0.25) is 0 Å². The molecule has 0 rings (SSSR count). The van der Waals surface area contributed by atoms with Crippen molar-refractivity contribution in [1.29, 1.82) is 0 Å². The molecule has 0 heterocycles. The molecular formula is C7H12O4. The molecule has 4 heteroatoms. The highest BCUT2D eigenvalue weighted by Gasteiger charge is 2.13. The van der Waals surface area contributed by atoms with Crippen LogP contribution < -0.4 is 0 Å². The van der Waals surface area contributed by atoms with Crippen molar-refractivity contribution in [2.24, 2.45) is 0 Å². The van der Waals surface area contributed by atoms with Crippen molar-refractivity contribution in [3.8, 4) is 0 Å². The summed E-state index contributed by atoms with van der Waals surface area (Å²) in [6, 6.07) is 0. The number of rotatable bonds is 3. The monoisotopic (exact) mass is 160 g/mol. The van der Waals surface area contributed by atoms with Crippen LogP contribution in [0.1, 0.15) is 6.92 Å². The molecule has 0 aliphatic rings. The van der Waals surface area contributed by atoms with E-state index in [4.69, 9.17) is 9.47 Å². The van der Waals surface area contributed by atoms with Gasteiger partial charge in [-0.2, -0.15) is 0 Å². The van der Waals surface area contributed by atoms with E-state index in [2.05, 4.69) is 4.74 Å². The number of allylic oxidation sites excluding steroid dienone is 1. The predicted octanol–water partition coefficient (Wildman–Crippen LogP) is 0.684. The van der Waals surface area contributed by atoms with E-state index in [-0.39, 0.29) is 5.76 Å². The van der Waals surface area contributed by atoms with Crippen LogP contribution in [0.3, 0.4) is 0 Å². The van der Waals surface area contributed by atoms with Gasteiger partial charge in [-0.25, -0.2) is 4.79 Å². The molecule has 0 N–H and O–H groups in total. The summed E-state index contributed by atoms with van der Waals surface area (Å²) in [5.41, 5.74) is 0. The maximum atomic E-state index is 10.9. The standard InChI is InChI=1S/C7H12O4/c1-5(9-2)6(10-3)7(8)11-4/h1-4H3/b6-5-. The molecule has 0 aromatic carbocycles. The molecule has 0 fully saturated rings. The van der Waals surface area contributed by atoms with Gasteiger partial charge in [0.05, 0.1) is 21.3 Å². The van der Waals surface area contributed by atoms with E-state index in [9.17, 15) is 4.79 Å². The predicted molar refractivity (Wildman–Crippen MR) is 38.7 cm³/mol. The second-order valence-electron chi connectivity index (χ2n) is 1.79. The molecule has 0 aliphatic carbocycles. The lowest BCUT2D eigenvalue weighted by atomic mass is 10.4. The Balaban J connectivity index is 4.50. The fraction of sp³-hybridized carbons (Fsp3) is 0.571. The Bertz CT molecular complexity index is 171. The van der Waals surface area contributed by atoms with Crippen LogP contribution in [0.4, 0.5) is 0 Å². The average Bonchev–Trinajstić information content (AvgIpc) is 2.05. The van der Waals surface area contributed by atoms with E-state index in [1.807, 2.05) is 0 Å². The molecule has 0 atom stereocenters. The highest BCUT2D eigenvalue weighted by molar-refractivity contribution is 5.86. The number of ether oxygens (including phenoxy) is 3. The van der Waals surface area contributed by atoms with Crippen LogP contribution in [-0.4, -0.2) is 27.3 Å². The lowest BCUT2D eigenvalue weighted by Crippen LogP contribution is -2.09. The molecule has 0 aromatic rings. The van der Waals surface area contributed by atoms with E-state index in [1.165, 1.54) is 21.3 Å². The Hall–Kier alpha value is -1.19. The van der Waals surface area contributed by atoms with Crippen molar-refractivity contribution in [3.05, 3.63) is 11.5 Å². The van der Waals surface area contributed by atoms with Crippen LogP contribution in [-0.2, 0) is 19.0 Å². The second-order valence-corrected chi connectivity index (χ2v) is 1.79. The lowest BCUT2D eigenvalue weighted by Gasteiger charge is -2.06. The topological polar surface area (TPSA) is 44.8 Å². The lowest BCUT2D eigenvalue weighted by molar-refractivity contribution is -0.140. The molecule has 0 unspecified atom stereocenters. The summed E-state index contributed by atoms with van der Waals surface area (Å²) in [6.07, 6.45) is 0. The van der Waals surface area contributed by atoms with Crippen LogP contribution in [0.25, 0.3) is 0 Å². The van der Waals surface area contributed by atoms with Gasteiger partial charge < -0.3 is 14.2 Å². The number of methoxy groups -OCH3 is 3. The van der Waals surface area contributed by atoms with Gasteiger partial charge in [0, 0.05) is 0 Å². The molecule has 0 aromatic heterocycles. The van der Waals surface area contributed by atoms with Crippen LogP contribution in [0.2, 0.25) is 0 Å². The molecule has 0 saturated carbocycles. The summed E-state index contributed by atoms with van der Waals surface area (Å²) in [6.45, 7) is 1.62. The first kappa shape index (κ1) is 9.81. The van der Waals surface area contributed by atoms with Crippen molar-refractivity contribution < 1.29 is 19.0 Å². The molecule has 0 saturated heterocycles. The summed E-state index contributed by atoms with van der Waals surface area (Å²) < 4.78 is 13.9. The molecule has 0 bridgehead atoms. The Labute approximate surface area is 65.7 Å². The Kier molecular flexibility index (Phi) is 4.10. The zero-order valence-corrected chi connectivity index (χ0v) is 7.13. The molecule has 11 heavy (non-hydrogen) atoms. The largest absolute Gasteiger partial charge is 0.497 e. The van der Waals surface area contributed by atoms with Crippen molar-refractivity contribution in [2.45, 2.75) is 6.92 Å². The van der Waals surface area contributed by atoms with Crippen molar-refractivity contribution >= 4 is 5.97 Å². The Morgan fingerprint density at radius 1 is 1.00 bits per heavy atom. The molecule has 64 valence electrons. The maximum absolute atomic E-state index is 10.9. The fourth-order valence-corrected chi connectivity index (χ4v) is 0.556. The second kappa shape index (κ2) is 4.60. The van der Waals surface area contributed by atoms with Gasteiger partial charge in [0.25, 0.3) is 0 Å². The Morgan fingerprint density at radius 2 is 1.55 bits per heavy atom. The van der Waals surface area contributed by atoms with Gasteiger partial charge in [-0.15, -0.1) is 0 Å². The molecule has 0 amide bonds. The summed E-state index contributed by atoms with van der Waals surface area (Å²) >= 11 is 0. The average molecular weight is 160 g/mol. The SMILES string of the molecule is COC(=O)/C(OC)=C(\C)OC. The minimum Gasteiger partial charge on any atom is -0.497 e. The van der Waals surface area contributed by atoms with Gasteiger partial charge in [0.15, 0.2) is 0 Å². The zero-order chi connectivity index (χ0) is 8.85. The van der Waals surface area contributed by atoms with E-state index in [0.717, 1.165) is 0 Å². The van der Waals surface area contributed by atoms with Crippen LogP contribution in [0, 0.1) is 0 Å². The molecule has 0 spiro atoms. The highest BCUT2D eigenvalue weighted by Crippen LogP contribution is 2.06. The smallest absolute Gasteiger partial charge is 0.376 e. The number of carbonyl (C=O) groups excluding carboxylic acids is 1. The maximum Gasteiger partial charge on any atom is 0.376 e. The summed E-state index contributed by atoms with van der Waals surface area (Å²) in [4.78, 5) is 10.9. The van der Waals surface area contributed by atoms with Crippen LogP contribution in [0.15, 0.2) is 11.5 Å². The Morgan fingerprint density at radius 3 is 1.82 bits per heavy atom. The van der Waals surface area contributed by atoms with Gasteiger partial charge in [0.1, 0.15) is 5.76 Å². The van der Waals surface area contributed by atoms with E-state index in [1.54, 1.807) is 6.92 Å². The first-order chi connectivity index (χ1) is 5.17. The molecule has 0 radical (unpaired) electrons. The van der Waals surface area contributed by atoms with Gasteiger partial charge in [-0.1, -0.05) is 0 Å². The van der Waals surface area contributed by atoms with Gasteiger partial charge in [-0.05, 0) is 6.92 Å². The molecular weight excluding hydrogens is 148 g/mol.